The number of hydrogen-bond acceptors (Lipinski definition) is 3. The molecule has 0 amide bonds. The number of anilines is 2. The van der Waals surface area contributed by atoms with Crippen LogP contribution in [0.1, 0.15) is 13.8 Å². The second kappa shape index (κ2) is 4.76. The molecule has 1 aromatic carbocycles. The lowest BCUT2D eigenvalue weighted by molar-refractivity contribution is 0.729. The van der Waals surface area contributed by atoms with E-state index < -0.39 is 0 Å². The highest BCUT2D eigenvalue weighted by Gasteiger charge is 2.24. The molecule has 1 aliphatic heterocycles. The van der Waals surface area contributed by atoms with Gasteiger partial charge in [0.1, 0.15) is 0 Å². The predicted octanol–water partition coefficient (Wildman–Crippen LogP) is 3.25. The Balaban J connectivity index is 2.29. The van der Waals surface area contributed by atoms with Crippen molar-refractivity contribution in [3.63, 3.8) is 0 Å². The van der Waals surface area contributed by atoms with E-state index in [2.05, 4.69) is 18.7 Å². The van der Waals surface area contributed by atoms with Crippen LogP contribution in [-0.2, 0) is 0 Å². The van der Waals surface area contributed by atoms with E-state index in [0.29, 0.717) is 10.5 Å². The highest BCUT2D eigenvalue weighted by molar-refractivity contribution is 8.00. The minimum atomic E-state index is 0.624. The molecule has 4 heteroatoms. The van der Waals surface area contributed by atoms with Crippen LogP contribution in [0.25, 0.3) is 0 Å². The third-order valence-corrected chi connectivity index (χ3v) is 4.29. The zero-order valence-corrected chi connectivity index (χ0v) is 11.2. The molecule has 1 fully saturated rings. The molecule has 2 nitrogen and oxygen atoms in total. The number of rotatable bonds is 1. The fourth-order valence-corrected chi connectivity index (χ4v) is 3.85. The van der Waals surface area contributed by atoms with Crippen molar-refractivity contribution in [1.82, 2.24) is 0 Å². The maximum atomic E-state index is 6.23. The largest absolute Gasteiger partial charge is 0.397 e. The summed E-state index contributed by atoms with van der Waals surface area (Å²) in [5.41, 5.74) is 7.79. The molecule has 0 bridgehead atoms. The number of nitrogens with zero attached hydrogens (tertiary/aromatic N) is 1. The van der Waals surface area contributed by atoms with Crippen LogP contribution in [-0.4, -0.2) is 23.6 Å². The Bertz CT molecular complexity index is 353. The summed E-state index contributed by atoms with van der Waals surface area (Å²) in [6.45, 7) is 6.53. The predicted molar refractivity (Wildman–Crippen MR) is 74.6 cm³/mol. The Kier molecular flexibility index (Phi) is 3.55. The molecule has 1 saturated heterocycles. The van der Waals surface area contributed by atoms with Crippen LogP contribution in [0.4, 0.5) is 11.4 Å². The van der Waals surface area contributed by atoms with Gasteiger partial charge in [0, 0.05) is 23.6 Å². The average molecular weight is 257 g/mol. The molecule has 1 aromatic rings. The fourth-order valence-electron chi connectivity index (χ4n) is 2.23. The summed E-state index contributed by atoms with van der Waals surface area (Å²) >= 11 is 8.26. The zero-order chi connectivity index (χ0) is 11.7. The smallest absolute Gasteiger partial charge is 0.0789 e. The quantitative estimate of drug-likeness (QED) is 0.782. The molecule has 88 valence electrons. The normalized spacial score (nSPS) is 25.8. The van der Waals surface area contributed by atoms with E-state index in [-0.39, 0.29) is 0 Å². The summed E-state index contributed by atoms with van der Waals surface area (Å²) < 4.78 is 0. The van der Waals surface area contributed by atoms with E-state index in [4.69, 9.17) is 17.3 Å². The van der Waals surface area contributed by atoms with Crippen molar-refractivity contribution in [3.05, 3.63) is 23.2 Å². The Morgan fingerprint density at radius 2 is 1.94 bits per heavy atom. The molecule has 2 rings (SSSR count). The van der Waals surface area contributed by atoms with Crippen molar-refractivity contribution in [1.29, 1.82) is 0 Å². The first kappa shape index (κ1) is 11.9. The molecule has 0 aromatic heterocycles. The van der Waals surface area contributed by atoms with Gasteiger partial charge in [-0.25, -0.2) is 0 Å². The van der Waals surface area contributed by atoms with E-state index in [1.807, 2.05) is 30.0 Å². The van der Waals surface area contributed by atoms with E-state index in [1.165, 1.54) is 0 Å². The first-order chi connectivity index (χ1) is 7.58. The summed E-state index contributed by atoms with van der Waals surface area (Å²) in [5, 5.41) is 2.00. The maximum absolute atomic E-state index is 6.23. The van der Waals surface area contributed by atoms with Crippen molar-refractivity contribution < 1.29 is 0 Å². The molecule has 2 unspecified atom stereocenters. The van der Waals surface area contributed by atoms with E-state index >= 15 is 0 Å². The van der Waals surface area contributed by atoms with E-state index in [9.17, 15) is 0 Å². The number of para-hydroxylation sites is 1. The highest BCUT2D eigenvalue weighted by Crippen LogP contribution is 2.36. The molecule has 0 radical (unpaired) electrons. The third kappa shape index (κ3) is 2.41. The van der Waals surface area contributed by atoms with Gasteiger partial charge in [-0.05, 0) is 12.1 Å². The molecule has 16 heavy (non-hydrogen) atoms. The van der Waals surface area contributed by atoms with Crippen molar-refractivity contribution >= 4 is 34.7 Å². The molecule has 0 saturated carbocycles. The van der Waals surface area contributed by atoms with Gasteiger partial charge in [-0.15, -0.1) is 0 Å². The van der Waals surface area contributed by atoms with Gasteiger partial charge in [0.15, 0.2) is 0 Å². The zero-order valence-electron chi connectivity index (χ0n) is 9.61. The van der Waals surface area contributed by atoms with E-state index in [1.54, 1.807) is 0 Å². The van der Waals surface area contributed by atoms with Crippen molar-refractivity contribution in [2.45, 2.75) is 24.3 Å². The molecular weight excluding hydrogens is 240 g/mol. The standard InChI is InChI=1S/C12H17ClN2S/c1-8-6-15(7-9(2)16-8)12-10(13)4-3-5-11(12)14/h3-5,8-9H,6-7,14H2,1-2H3. The van der Waals surface area contributed by atoms with Crippen LogP contribution in [0, 0.1) is 0 Å². The molecule has 0 spiro atoms. The summed E-state index contributed by atoms with van der Waals surface area (Å²) in [4.78, 5) is 2.31. The van der Waals surface area contributed by atoms with Crippen molar-refractivity contribution in [2.75, 3.05) is 23.7 Å². The van der Waals surface area contributed by atoms with E-state index in [0.717, 1.165) is 29.5 Å². The van der Waals surface area contributed by atoms with Gasteiger partial charge in [-0.2, -0.15) is 11.8 Å². The average Bonchev–Trinajstić information content (AvgIpc) is 2.15. The van der Waals surface area contributed by atoms with Crippen LogP contribution in [0.3, 0.4) is 0 Å². The van der Waals surface area contributed by atoms with Gasteiger partial charge in [-0.3, -0.25) is 0 Å². The number of nitrogen functional groups attached to an aromatic ring is 1. The number of halogens is 1. The molecule has 2 N–H and O–H groups in total. The Morgan fingerprint density at radius 1 is 1.31 bits per heavy atom. The van der Waals surface area contributed by atoms with Crippen LogP contribution >= 0.6 is 23.4 Å². The fraction of sp³-hybridized carbons (Fsp3) is 0.500. The lowest BCUT2D eigenvalue weighted by atomic mass is 10.2. The second-order valence-corrected chi connectivity index (χ2v) is 6.63. The lowest BCUT2D eigenvalue weighted by Crippen LogP contribution is -2.40. The van der Waals surface area contributed by atoms with Gasteiger partial charge in [0.2, 0.25) is 0 Å². The number of nitrogens with two attached hydrogens (primary N) is 1. The molecule has 1 aliphatic rings. The second-order valence-electron chi connectivity index (χ2n) is 4.34. The summed E-state index contributed by atoms with van der Waals surface area (Å²) in [5.74, 6) is 0. The third-order valence-electron chi connectivity index (χ3n) is 2.75. The topological polar surface area (TPSA) is 29.3 Å². The van der Waals surface area contributed by atoms with Crippen LogP contribution in [0.15, 0.2) is 18.2 Å². The first-order valence-electron chi connectivity index (χ1n) is 5.52. The summed E-state index contributed by atoms with van der Waals surface area (Å²) in [6.07, 6.45) is 0. The summed E-state index contributed by atoms with van der Waals surface area (Å²) in [6, 6.07) is 5.72. The highest BCUT2D eigenvalue weighted by atomic mass is 35.5. The van der Waals surface area contributed by atoms with Gasteiger partial charge in [0.05, 0.1) is 16.4 Å². The Labute approximate surface area is 106 Å². The molecule has 0 aliphatic carbocycles. The maximum Gasteiger partial charge on any atom is 0.0789 e. The molecule has 2 atom stereocenters. The first-order valence-corrected chi connectivity index (χ1v) is 6.84. The van der Waals surface area contributed by atoms with Gasteiger partial charge in [0.25, 0.3) is 0 Å². The SMILES string of the molecule is CC1CN(c2c(N)cccc2Cl)CC(C)S1. The summed E-state index contributed by atoms with van der Waals surface area (Å²) in [7, 11) is 0. The number of benzene rings is 1. The van der Waals surface area contributed by atoms with Crippen molar-refractivity contribution in [3.8, 4) is 0 Å². The minimum Gasteiger partial charge on any atom is -0.397 e. The number of thioether (sulfide) groups is 1. The van der Waals surface area contributed by atoms with Gasteiger partial charge < -0.3 is 10.6 Å². The van der Waals surface area contributed by atoms with Crippen LogP contribution in [0.2, 0.25) is 5.02 Å². The minimum absolute atomic E-state index is 0.624. The van der Waals surface area contributed by atoms with Crippen molar-refractivity contribution in [2.24, 2.45) is 0 Å². The van der Waals surface area contributed by atoms with Gasteiger partial charge >= 0.3 is 0 Å². The molecular formula is C12H17ClN2S. The Morgan fingerprint density at radius 3 is 2.50 bits per heavy atom. The number of hydrogen-bond donors (Lipinski definition) is 1. The van der Waals surface area contributed by atoms with Crippen LogP contribution < -0.4 is 10.6 Å². The monoisotopic (exact) mass is 256 g/mol. The van der Waals surface area contributed by atoms with Gasteiger partial charge in [-0.1, -0.05) is 31.5 Å². The van der Waals surface area contributed by atoms with Crippen LogP contribution in [0.5, 0.6) is 0 Å². The Hall–Kier alpha value is -0.540. The lowest BCUT2D eigenvalue weighted by Gasteiger charge is -2.37. The molecule has 1 heterocycles.